The van der Waals surface area contributed by atoms with Crippen LogP contribution in [0.5, 0.6) is 0 Å². The van der Waals surface area contributed by atoms with E-state index in [0.29, 0.717) is 24.8 Å². The number of rotatable bonds is 1. The Kier molecular flexibility index (Phi) is 5.02. The maximum Gasteiger partial charge on any atom is 0.103 e. The molecule has 11 heavy (non-hydrogen) atoms. The minimum atomic E-state index is -0.561. The van der Waals surface area contributed by atoms with Crippen LogP contribution in [-0.4, -0.2) is 18.8 Å². The number of hydrogen-bond acceptors (Lipinski definition) is 1. The number of hydrogen-bond donors (Lipinski definition) is 1. The Balaban J connectivity index is 0.000001000. The predicted molar refractivity (Wildman–Crippen MR) is 48.0 cm³/mol. The highest BCUT2D eigenvalue weighted by atomic mass is 35.5. The van der Waals surface area contributed by atoms with Crippen LogP contribution in [0, 0.1) is 5.92 Å². The Bertz CT molecular complexity index is 108. The largest absolute Gasteiger partial charge is 0.314 e. The molecule has 0 aromatic heterocycles. The summed E-state index contributed by atoms with van der Waals surface area (Å²) in [6, 6.07) is 0.406. The molecule has 1 rings (SSSR count). The summed E-state index contributed by atoms with van der Waals surface area (Å²) in [7, 11) is 0. The van der Waals surface area contributed by atoms with Gasteiger partial charge in [0.15, 0.2) is 0 Å². The van der Waals surface area contributed by atoms with E-state index < -0.39 is 6.17 Å². The first-order valence-electron chi connectivity index (χ1n) is 4.07. The normalized spacial score (nSPS) is 31.6. The lowest BCUT2D eigenvalue weighted by Gasteiger charge is -2.28. The smallest absolute Gasteiger partial charge is 0.103 e. The standard InChI is InChI=1S/C8H16FN.ClH/c1-6(2)8-5-7(9)3-4-10-8;/h6-8,10H,3-5H2,1-2H3;1H. The molecule has 1 heterocycles. The van der Waals surface area contributed by atoms with Gasteiger partial charge in [0.25, 0.3) is 0 Å². The average molecular weight is 182 g/mol. The summed E-state index contributed by atoms with van der Waals surface area (Å²) in [6.45, 7) is 5.12. The maximum absolute atomic E-state index is 12.8. The summed E-state index contributed by atoms with van der Waals surface area (Å²) in [4.78, 5) is 0. The number of halogens is 2. The molecule has 0 aromatic carbocycles. The van der Waals surface area contributed by atoms with E-state index in [1.54, 1.807) is 0 Å². The molecule has 0 amide bonds. The molecular formula is C8H17ClFN. The molecule has 1 nitrogen and oxygen atoms in total. The molecule has 1 aliphatic rings. The van der Waals surface area contributed by atoms with Crippen molar-refractivity contribution in [3.8, 4) is 0 Å². The Labute approximate surface area is 74.2 Å². The van der Waals surface area contributed by atoms with Crippen molar-refractivity contribution in [3.63, 3.8) is 0 Å². The number of piperidine rings is 1. The zero-order chi connectivity index (χ0) is 7.56. The van der Waals surface area contributed by atoms with Gasteiger partial charge < -0.3 is 5.32 Å². The van der Waals surface area contributed by atoms with E-state index in [1.165, 1.54) is 0 Å². The zero-order valence-electron chi connectivity index (χ0n) is 7.14. The van der Waals surface area contributed by atoms with Crippen molar-refractivity contribution in [1.29, 1.82) is 0 Å². The summed E-state index contributed by atoms with van der Waals surface area (Å²) in [5.74, 6) is 0.568. The molecule has 1 N–H and O–H groups in total. The fraction of sp³-hybridized carbons (Fsp3) is 1.00. The molecule has 0 bridgehead atoms. The lowest BCUT2D eigenvalue weighted by atomic mass is 9.94. The number of alkyl halides is 1. The van der Waals surface area contributed by atoms with Crippen molar-refractivity contribution in [1.82, 2.24) is 5.32 Å². The molecule has 0 aliphatic carbocycles. The van der Waals surface area contributed by atoms with Gasteiger partial charge in [-0.15, -0.1) is 12.4 Å². The van der Waals surface area contributed by atoms with Crippen LogP contribution in [0.15, 0.2) is 0 Å². The van der Waals surface area contributed by atoms with Crippen LogP contribution < -0.4 is 5.32 Å². The first-order chi connectivity index (χ1) is 4.70. The third kappa shape index (κ3) is 3.39. The van der Waals surface area contributed by atoms with Crippen LogP contribution in [0.2, 0.25) is 0 Å². The highest BCUT2D eigenvalue weighted by Gasteiger charge is 2.22. The van der Waals surface area contributed by atoms with Crippen molar-refractivity contribution in [3.05, 3.63) is 0 Å². The molecule has 0 saturated carbocycles. The molecular weight excluding hydrogens is 165 g/mol. The van der Waals surface area contributed by atoms with Gasteiger partial charge in [0.1, 0.15) is 6.17 Å². The summed E-state index contributed by atoms with van der Waals surface area (Å²) in [5.41, 5.74) is 0. The van der Waals surface area contributed by atoms with E-state index >= 15 is 0 Å². The fourth-order valence-electron chi connectivity index (χ4n) is 1.41. The van der Waals surface area contributed by atoms with Crippen molar-refractivity contribution in [2.75, 3.05) is 6.54 Å². The Hall–Kier alpha value is 0.180. The van der Waals surface area contributed by atoms with Gasteiger partial charge in [-0.3, -0.25) is 0 Å². The fourth-order valence-corrected chi connectivity index (χ4v) is 1.41. The van der Waals surface area contributed by atoms with E-state index in [0.717, 1.165) is 6.54 Å². The SMILES string of the molecule is CC(C)C1CC(F)CCN1.Cl. The van der Waals surface area contributed by atoms with Crippen molar-refractivity contribution >= 4 is 12.4 Å². The second-order valence-corrected chi connectivity index (χ2v) is 3.43. The minimum Gasteiger partial charge on any atom is -0.314 e. The minimum absolute atomic E-state index is 0. The molecule has 1 aliphatic heterocycles. The molecule has 0 radical (unpaired) electrons. The third-order valence-corrected chi connectivity index (χ3v) is 2.18. The Morgan fingerprint density at radius 1 is 1.45 bits per heavy atom. The topological polar surface area (TPSA) is 12.0 Å². The van der Waals surface area contributed by atoms with E-state index in [2.05, 4.69) is 19.2 Å². The van der Waals surface area contributed by atoms with Gasteiger partial charge in [-0.2, -0.15) is 0 Å². The van der Waals surface area contributed by atoms with Gasteiger partial charge in [0, 0.05) is 6.04 Å². The molecule has 0 spiro atoms. The van der Waals surface area contributed by atoms with E-state index in [1.807, 2.05) is 0 Å². The summed E-state index contributed by atoms with van der Waals surface area (Å²) in [6.07, 6.45) is 0.842. The van der Waals surface area contributed by atoms with Gasteiger partial charge in [0.2, 0.25) is 0 Å². The van der Waals surface area contributed by atoms with Crippen molar-refractivity contribution < 1.29 is 4.39 Å². The van der Waals surface area contributed by atoms with Crippen LogP contribution >= 0.6 is 12.4 Å². The molecule has 2 atom stereocenters. The van der Waals surface area contributed by atoms with Crippen molar-refractivity contribution in [2.45, 2.75) is 38.9 Å². The van der Waals surface area contributed by atoms with Crippen LogP contribution in [-0.2, 0) is 0 Å². The van der Waals surface area contributed by atoms with E-state index in [4.69, 9.17) is 0 Å². The van der Waals surface area contributed by atoms with Crippen LogP contribution in [0.4, 0.5) is 4.39 Å². The average Bonchev–Trinajstić information content (AvgIpc) is 1.88. The van der Waals surface area contributed by atoms with Gasteiger partial charge >= 0.3 is 0 Å². The summed E-state index contributed by atoms with van der Waals surface area (Å²) in [5, 5.41) is 3.31. The van der Waals surface area contributed by atoms with E-state index in [-0.39, 0.29) is 12.4 Å². The number of nitrogens with one attached hydrogen (secondary N) is 1. The van der Waals surface area contributed by atoms with Gasteiger partial charge in [-0.05, 0) is 25.3 Å². The predicted octanol–water partition coefficient (Wildman–Crippen LogP) is 2.15. The quantitative estimate of drug-likeness (QED) is 0.654. The molecule has 0 aromatic rings. The van der Waals surface area contributed by atoms with Gasteiger partial charge in [0.05, 0.1) is 0 Å². The monoisotopic (exact) mass is 181 g/mol. The van der Waals surface area contributed by atoms with Gasteiger partial charge in [-0.25, -0.2) is 4.39 Å². The first-order valence-corrected chi connectivity index (χ1v) is 4.07. The molecule has 1 fully saturated rings. The first kappa shape index (κ1) is 11.2. The molecule has 2 unspecified atom stereocenters. The molecule has 68 valence electrons. The second-order valence-electron chi connectivity index (χ2n) is 3.43. The summed E-state index contributed by atoms with van der Waals surface area (Å²) >= 11 is 0. The Morgan fingerprint density at radius 3 is 2.45 bits per heavy atom. The highest BCUT2D eigenvalue weighted by Crippen LogP contribution is 2.17. The van der Waals surface area contributed by atoms with Gasteiger partial charge in [-0.1, -0.05) is 13.8 Å². The zero-order valence-corrected chi connectivity index (χ0v) is 7.96. The van der Waals surface area contributed by atoms with E-state index in [9.17, 15) is 4.39 Å². The third-order valence-electron chi connectivity index (χ3n) is 2.18. The maximum atomic E-state index is 12.8. The van der Waals surface area contributed by atoms with Crippen molar-refractivity contribution in [2.24, 2.45) is 5.92 Å². The molecule has 1 saturated heterocycles. The second kappa shape index (κ2) is 4.94. The Morgan fingerprint density at radius 2 is 2.09 bits per heavy atom. The highest BCUT2D eigenvalue weighted by molar-refractivity contribution is 5.85. The van der Waals surface area contributed by atoms with Crippen LogP contribution in [0.1, 0.15) is 26.7 Å². The van der Waals surface area contributed by atoms with Crippen LogP contribution in [0.25, 0.3) is 0 Å². The van der Waals surface area contributed by atoms with Crippen LogP contribution in [0.3, 0.4) is 0 Å². The molecule has 3 heteroatoms. The lowest BCUT2D eigenvalue weighted by Crippen LogP contribution is -2.42. The lowest BCUT2D eigenvalue weighted by molar-refractivity contribution is 0.197. The summed E-state index contributed by atoms with van der Waals surface area (Å²) < 4.78 is 12.8.